The molecule has 0 fully saturated rings. The van der Waals surface area contributed by atoms with Crippen molar-refractivity contribution in [2.24, 2.45) is 0 Å². The summed E-state index contributed by atoms with van der Waals surface area (Å²) in [6, 6.07) is 9.97. The van der Waals surface area contributed by atoms with Gasteiger partial charge in [-0.3, -0.25) is 0 Å². The Labute approximate surface area is 185 Å². The van der Waals surface area contributed by atoms with E-state index in [0.717, 1.165) is 16.4 Å². The smallest absolute Gasteiger partial charge is 0.212 e. The number of sulfonamides is 1. The van der Waals surface area contributed by atoms with Gasteiger partial charge in [0.2, 0.25) is 18.9 Å². The van der Waals surface area contributed by atoms with E-state index >= 15 is 0 Å². The summed E-state index contributed by atoms with van der Waals surface area (Å²) in [5.74, 6) is 0. The first-order chi connectivity index (χ1) is 13.4. The summed E-state index contributed by atoms with van der Waals surface area (Å²) in [6.07, 6.45) is 0. The van der Waals surface area contributed by atoms with Gasteiger partial charge in [0, 0.05) is 21.2 Å². The van der Waals surface area contributed by atoms with Crippen LogP contribution in [0.4, 0.5) is 0 Å². The fourth-order valence-corrected chi connectivity index (χ4v) is 7.83. The molecule has 8 heteroatoms. The van der Waals surface area contributed by atoms with Crippen molar-refractivity contribution in [3.05, 3.63) is 53.1 Å². The molecule has 2 rings (SSSR count). The molecule has 0 aliphatic carbocycles. The lowest BCUT2D eigenvalue weighted by Gasteiger charge is -2.26. The molecule has 2 aromatic carbocycles. The maximum Gasteiger partial charge on any atom is 0.241 e. The Bertz CT molecular complexity index is 1140. The molecule has 0 aliphatic rings. The lowest BCUT2D eigenvalue weighted by molar-refractivity contribution is 0.490. The van der Waals surface area contributed by atoms with Crippen LogP contribution < -0.4 is 4.72 Å². The predicted octanol–water partition coefficient (Wildman–Crippen LogP) is 5.16. The van der Waals surface area contributed by atoms with Crippen LogP contribution in [0.1, 0.15) is 58.2 Å². The minimum atomic E-state index is -3.76. The summed E-state index contributed by atoms with van der Waals surface area (Å²) < 4.78 is 54.6. The first-order valence-corrected chi connectivity index (χ1v) is 13.9. The second-order valence-corrected chi connectivity index (χ2v) is 15.0. The lowest BCUT2D eigenvalue weighted by atomic mass is 9.86. The van der Waals surface area contributed by atoms with E-state index in [2.05, 4.69) is 4.72 Å². The lowest BCUT2D eigenvalue weighted by Crippen LogP contribution is -2.40. The normalized spacial score (nSPS) is 13.5. The molecular weight excluding hydrogens is 438 g/mol. The van der Waals surface area contributed by atoms with E-state index in [4.69, 9.17) is 0 Å². The SMILES string of the molecule is Cc1ccc(S(=O)(=O)Sc2cc(C)c(S(=O)(=O)NC(C)(C)C)cc2C(C)(C)C)cc1. The summed E-state index contributed by atoms with van der Waals surface area (Å²) in [7, 11) is -6.65. The van der Waals surface area contributed by atoms with Crippen LogP contribution in [0.15, 0.2) is 51.1 Å². The Kier molecular flexibility index (Phi) is 6.89. The highest BCUT2D eigenvalue weighted by Gasteiger charge is 2.29. The van der Waals surface area contributed by atoms with Crippen molar-refractivity contribution in [2.45, 2.75) is 81.0 Å². The molecule has 166 valence electrons. The first kappa shape index (κ1) is 24.9. The van der Waals surface area contributed by atoms with Crippen molar-refractivity contribution in [3.8, 4) is 0 Å². The van der Waals surface area contributed by atoms with Gasteiger partial charge in [-0.15, -0.1) is 0 Å². The second kappa shape index (κ2) is 8.30. The number of hydrogen-bond acceptors (Lipinski definition) is 5. The van der Waals surface area contributed by atoms with Gasteiger partial charge in [-0.2, -0.15) is 0 Å². The van der Waals surface area contributed by atoms with Crippen LogP contribution in [0.25, 0.3) is 0 Å². The Morgan fingerprint density at radius 2 is 1.37 bits per heavy atom. The molecular formula is C22H31NO4S3. The fraction of sp³-hybridized carbons (Fsp3) is 0.455. The van der Waals surface area contributed by atoms with Gasteiger partial charge in [0.05, 0.1) is 9.79 Å². The van der Waals surface area contributed by atoms with Crippen LogP contribution >= 0.6 is 10.8 Å². The van der Waals surface area contributed by atoms with Gasteiger partial charge in [-0.1, -0.05) is 38.5 Å². The highest BCUT2D eigenvalue weighted by atomic mass is 33.1. The molecule has 0 aromatic heterocycles. The maximum absolute atomic E-state index is 13.0. The van der Waals surface area contributed by atoms with E-state index in [9.17, 15) is 16.8 Å². The highest BCUT2D eigenvalue weighted by Crippen LogP contribution is 2.40. The standard InChI is InChI=1S/C22H31NO4S3/c1-15-9-11-17(12-10-15)30(26,27)28-19-13-16(2)20(14-18(19)21(3,4)5)29(24,25)23-22(6,7)8/h9-14,23H,1-8H3. The molecule has 0 amide bonds. The van der Waals surface area contributed by atoms with Gasteiger partial charge in [-0.25, -0.2) is 21.6 Å². The van der Waals surface area contributed by atoms with Crippen molar-refractivity contribution in [3.63, 3.8) is 0 Å². The van der Waals surface area contributed by atoms with Crippen LogP contribution in [0, 0.1) is 13.8 Å². The molecule has 0 spiro atoms. The van der Waals surface area contributed by atoms with Crippen molar-refractivity contribution in [1.29, 1.82) is 0 Å². The first-order valence-electron chi connectivity index (χ1n) is 9.63. The van der Waals surface area contributed by atoms with E-state index in [1.165, 1.54) is 0 Å². The van der Waals surface area contributed by atoms with Crippen LogP contribution in [0.3, 0.4) is 0 Å². The quantitative estimate of drug-likeness (QED) is 0.612. The third kappa shape index (κ3) is 6.09. The molecule has 0 saturated carbocycles. The number of benzene rings is 2. The second-order valence-electron chi connectivity index (χ2n) is 9.57. The number of nitrogens with one attached hydrogen (secondary N) is 1. The van der Waals surface area contributed by atoms with Gasteiger partial charge in [-0.05, 0) is 75.4 Å². The molecule has 1 N–H and O–H groups in total. The Morgan fingerprint density at radius 1 is 0.833 bits per heavy atom. The highest BCUT2D eigenvalue weighted by molar-refractivity contribution is 8.72. The molecule has 2 aromatic rings. The number of aryl methyl sites for hydroxylation is 2. The molecule has 0 unspecified atom stereocenters. The Hall–Kier alpha value is -1.35. The third-order valence-corrected chi connectivity index (χ3v) is 9.58. The average molecular weight is 470 g/mol. The molecule has 0 heterocycles. The van der Waals surface area contributed by atoms with Crippen LogP contribution in [0.5, 0.6) is 0 Å². The van der Waals surface area contributed by atoms with E-state index < -0.39 is 29.8 Å². The van der Waals surface area contributed by atoms with E-state index in [0.29, 0.717) is 16.0 Å². The van der Waals surface area contributed by atoms with Crippen molar-refractivity contribution >= 4 is 29.7 Å². The Balaban J connectivity index is 2.62. The summed E-state index contributed by atoms with van der Waals surface area (Å²) in [5.41, 5.74) is 1.07. The molecule has 0 radical (unpaired) electrons. The van der Waals surface area contributed by atoms with Crippen molar-refractivity contribution in [2.75, 3.05) is 0 Å². The molecule has 30 heavy (non-hydrogen) atoms. The molecule has 5 nitrogen and oxygen atoms in total. The molecule has 0 bridgehead atoms. The Morgan fingerprint density at radius 3 is 1.83 bits per heavy atom. The van der Waals surface area contributed by atoms with Crippen LogP contribution in [0.2, 0.25) is 0 Å². The van der Waals surface area contributed by atoms with Gasteiger partial charge in [0.1, 0.15) is 0 Å². The van der Waals surface area contributed by atoms with Crippen molar-refractivity contribution < 1.29 is 16.8 Å². The maximum atomic E-state index is 13.0. The van der Waals surface area contributed by atoms with Gasteiger partial charge in [0.25, 0.3) is 0 Å². The van der Waals surface area contributed by atoms with E-state index in [-0.39, 0.29) is 9.79 Å². The fourth-order valence-electron chi connectivity index (χ4n) is 2.94. The van der Waals surface area contributed by atoms with Crippen LogP contribution in [-0.4, -0.2) is 22.4 Å². The van der Waals surface area contributed by atoms with Gasteiger partial charge >= 0.3 is 0 Å². The van der Waals surface area contributed by atoms with Crippen LogP contribution in [-0.2, 0) is 24.3 Å². The zero-order valence-corrected chi connectivity index (χ0v) is 21.3. The summed E-state index contributed by atoms with van der Waals surface area (Å²) >= 11 is 0. The minimum Gasteiger partial charge on any atom is -0.212 e. The van der Waals surface area contributed by atoms with Crippen molar-refractivity contribution in [1.82, 2.24) is 4.72 Å². The molecule has 0 atom stereocenters. The van der Waals surface area contributed by atoms with Gasteiger partial charge < -0.3 is 0 Å². The molecule has 0 aliphatic heterocycles. The van der Waals surface area contributed by atoms with E-state index in [1.54, 1.807) is 64.1 Å². The number of rotatable bonds is 5. The molecule has 0 saturated heterocycles. The van der Waals surface area contributed by atoms with E-state index in [1.807, 2.05) is 27.7 Å². The summed E-state index contributed by atoms with van der Waals surface area (Å²) in [5, 5.41) is 0. The monoisotopic (exact) mass is 469 g/mol. The summed E-state index contributed by atoms with van der Waals surface area (Å²) in [4.78, 5) is 0.927. The largest absolute Gasteiger partial charge is 0.241 e. The topological polar surface area (TPSA) is 80.3 Å². The van der Waals surface area contributed by atoms with Gasteiger partial charge in [0.15, 0.2) is 0 Å². The predicted molar refractivity (Wildman–Crippen MR) is 124 cm³/mol. The third-order valence-electron chi connectivity index (χ3n) is 4.32. The summed E-state index contributed by atoms with van der Waals surface area (Å²) in [6.45, 7) is 14.7. The zero-order chi connectivity index (χ0) is 23.1. The average Bonchev–Trinajstić information content (AvgIpc) is 2.51. The minimum absolute atomic E-state index is 0.166. The zero-order valence-electron chi connectivity index (χ0n) is 18.8. The number of hydrogen-bond donors (Lipinski definition) is 1.